The number of non-ortho nitro benzene ring substituents is 1. The van der Waals surface area contributed by atoms with E-state index in [2.05, 4.69) is 11.9 Å². The van der Waals surface area contributed by atoms with Crippen LogP contribution in [-0.2, 0) is 19.1 Å². The first-order valence-corrected chi connectivity index (χ1v) is 12.4. The molecular formula is C26H28N2O6S. The number of rotatable bonds is 8. The molecule has 184 valence electrons. The van der Waals surface area contributed by atoms with Crippen molar-refractivity contribution in [2.24, 2.45) is 5.92 Å². The van der Waals surface area contributed by atoms with Gasteiger partial charge >= 0.3 is 5.97 Å². The van der Waals surface area contributed by atoms with E-state index in [-0.39, 0.29) is 36.7 Å². The molecule has 2 aromatic rings. The van der Waals surface area contributed by atoms with Gasteiger partial charge in [-0.2, -0.15) is 0 Å². The van der Waals surface area contributed by atoms with Gasteiger partial charge in [-0.1, -0.05) is 24.8 Å². The summed E-state index contributed by atoms with van der Waals surface area (Å²) < 4.78 is 11.0. The molecule has 1 aromatic heterocycles. The number of nitrogens with zero attached hydrogens (tertiary/aromatic N) is 1. The van der Waals surface area contributed by atoms with Crippen LogP contribution in [0.15, 0.2) is 65.3 Å². The van der Waals surface area contributed by atoms with Gasteiger partial charge < -0.3 is 14.8 Å². The predicted molar refractivity (Wildman–Crippen MR) is 132 cm³/mol. The molecule has 2 heterocycles. The van der Waals surface area contributed by atoms with Crippen molar-refractivity contribution in [2.45, 2.75) is 44.6 Å². The SMILES string of the molecule is C=C1NC2=C(C(=O)CC(c3cccs3)C2)C(c2cccc([N+](=O)[O-])c2)C1C(=O)OCCOC(C)C. The lowest BCUT2D eigenvalue weighted by atomic mass is 9.69. The molecule has 0 spiro atoms. The van der Waals surface area contributed by atoms with E-state index in [0.717, 1.165) is 4.88 Å². The van der Waals surface area contributed by atoms with Crippen molar-refractivity contribution in [3.63, 3.8) is 0 Å². The van der Waals surface area contributed by atoms with E-state index >= 15 is 0 Å². The number of nitro groups is 1. The van der Waals surface area contributed by atoms with E-state index in [0.29, 0.717) is 35.4 Å². The van der Waals surface area contributed by atoms with Crippen molar-refractivity contribution in [3.8, 4) is 0 Å². The second-order valence-electron chi connectivity index (χ2n) is 8.98. The van der Waals surface area contributed by atoms with Crippen LogP contribution in [0.25, 0.3) is 0 Å². The lowest BCUT2D eigenvalue weighted by Gasteiger charge is -2.39. The molecule has 3 atom stereocenters. The third kappa shape index (κ3) is 5.36. The molecule has 3 unspecified atom stereocenters. The van der Waals surface area contributed by atoms with Gasteiger partial charge in [0.2, 0.25) is 0 Å². The van der Waals surface area contributed by atoms with Crippen molar-refractivity contribution in [2.75, 3.05) is 13.2 Å². The van der Waals surface area contributed by atoms with Crippen LogP contribution in [-0.4, -0.2) is 36.0 Å². The minimum Gasteiger partial charge on any atom is -0.463 e. The fourth-order valence-corrected chi connectivity index (χ4v) is 5.59. The van der Waals surface area contributed by atoms with Gasteiger partial charge in [-0.05, 0) is 37.3 Å². The number of hydrogen-bond acceptors (Lipinski definition) is 8. The van der Waals surface area contributed by atoms with Gasteiger partial charge in [0, 0.05) is 52.2 Å². The number of hydrogen-bond donors (Lipinski definition) is 1. The molecule has 0 radical (unpaired) electrons. The fraction of sp³-hybridized carbons (Fsp3) is 0.385. The van der Waals surface area contributed by atoms with Crippen LogP contribution in [0.1, 0.15) is 49.0 Å². The summed E-state index contributed by atoms with van der Waals surface area (Å²) in [4.78, 5) is 38.9. The molecular weight excluding hydrogens is 468 g/mol. The second kappa shape index (κ2) is 10.5. The van der Waals surface area contributed by atoms with Crippen LogP contribution in [0.2, 0.25) is 0 Å². The number of benzene rings is 1. The Morgan fingerprint density at radius 1 is 1.26 bits per heavy atom. The number of carbonyl (C=O) groups excluding carboxylic acids is 2. The van der Waals surface area contributed by atoms with Crippen LogP contribution >= 0.6 is 11.3 Å². The molecule has 2 aliphatic rings. The summed E-state index contributed by atoms with van der Waals surface area (Å²) in [6, 6.07) is 10.1. The Hall–Kier alpha value is -3.30. The predicted octanol–water partition coefficient (Wildman–Crippen LogP) is 4.84. The lowest BCUT2D eigenvalue weighted by molar-refractivity contribution is -0.384. The Balaban J connectivity index is 1.71. The van der Waals surface area contributed by atoms with Crippen molar-refractivity contribution in [1.82, 2.24) is 5.32 Å². The molecule has 0 saturated carbocycles. The average Bonchev–Trinajstić information content (AvgIpc) is 3.35. The van der Waals surface area contributed by atoms with Crippen LogP contribution < -0.4 is 5.32 Å². The van der Waals surface area contributed by atoms with Crippen LogP contribution in [0.3, 0.4) is 0 Å². The standard InChI is InChI=1S/C26H28N2O6S/c1-15(2)33-9-10-34-26(30)23-16(3)27-20-13-18(22-8-5-11-35-22)14-21(29)25(20)24(23)17-6-4-7-19(12-17)28(31)32/h4-8,11-12,15,18,23-24,27H,3,9-10,13-14H2,1-2H3. The Kier molecular flexibility index (Phi) is 7.47. The summed E-state index contributed by atoms with van der Waals surface area (Å²) in [6.07, 6.45) is 0.903. The first-order valence-electron chi connectivity index (χ1n) is 11.5. The minimum atomic E-state index is -0.906. The van der Waals surface area contributed by atoms with E-state index in [9.17, 15) is 19.7 Å². The number of Topliss-reactive ketones (excluding diaryl/α,β-unsaturated/α-hetero) is 1. The van der Waals surface area contributed by atoms with Gasteiger partial charge in [0.05, 0.1) is 17.6 Å². The van der Waals surface area contributed by atoms with Crippen LogP contribution in [0, 0.1) is 16.0 Å². The van der Waals surface area contributed by atoms with Gasteiger partial charge in [0.1, 0.15) is 12.5 Å². The van der Waals surface area contributed by atoms with E-state index < -0.39 is 22.7 Å². The number of esters is 1. The van der Waals surface area contributed by atoms with Crippen LogP contribution in [0.5, 0.6) is 0 Å². The topological polar surface area (TPSA) is 108 Å². The highest BCUT2D eigenvalue weighted by atomic mass is 32.1. The van der Waals surface area contributed by atoms with Crippen molar-refractivity contribution >= 4 is 28.8 Å². The van der Waals surface area contributed by atoms with E-state index in [4.69, 9.17) is 9.47 Å². The summed E-state index contributed by atoms with van der Waals surface area (Å²) >= 11 is 1.61. The highest BCUT2D eigenvalue weighted by molar-refractivity contribution is 7.10. The van der Waals surface area contributed by atoms with Crippen LogP contribution in [0.4, 0.5) is 5.69 Å². The molecule has 1 aliphatic carbocycles. The maximum Gasteiger partial charge on any atom is 0.315 e. The molecule has 4 rings (SSSR count). The first-order chi connectivity index (χ1) is 16.8. The first kappa shape index (κ1) is 24.8. The van der Waals surface area contributed by atoms with E-state index in [1.807, 2.05) is 31.4 Å². The molecule has 8 nitrogen and oxygen atoms in total. The molecule has 0 amide bonds. The summed E-state index contributed by atoms with van der Waals surface area (Å²) in [7, 11) is 0. The summed E-state index contributed by atoms with van der Waals surface area (Å²) in [6.45, 7) is 8.17. The second-order valence-corrected chi connectivity index (χ2v) is 9.96. The summed E-state index contributed by atoms with van der Waals surface area (Å²) in [5.41, 5.74) is 2.01. The van der Waals surface area contributed by atoms with Crippen molar-refractivity contribution in [1.29, 1.82) is 0 Å². The zero-order chi connectivity index (χ0) is 25.1. The number of ether oxygens (including phenoxy) is 2. The molecule has 0 bridgehead atoms. The summed E-state index contributed by atoms with van der Waals surface area (Å²) in [5, 5.41) is 16.7. The molecule has 1 aromatic carbocycles. The molecule has 1 aliphatic heterocycles. The van der Waals surface area contributed by atoms with E-state index in [1.54, 1.807) is 23.5 Å². The Labute approximate surface area is 207 Å². The Bertz CT molecular complexity index is 1170. The average molecular weight is 497 g/mol. The minimum absolute atomic E-state index is 0.00139. The molecule has 9 heteroatoms. The van der Waals surface area contributed by atoms with E-state index in [1.165, 1.54) is 12.1 Å². The zero-order valence-electron chi connectivity index (χ0n) is 19.7. The summed E-state index contributed by atoms with van der Waals surface area (Å²) in [5.74, 6) is -2.23. The highest BCUT2D eigenvalue weighted by Crippen LogP contribution is 2.48. The van der Waals surface area contributed by atoms with Gasteiger partial charge in [0.15, 0.2) is 5.78 Å². The number of carbonyl (C=O) groups is 2. The maximum atomic E-state index is 13.5. The third-order valence-corrected chi connectivity index (χ3v) is 7.29. The number of ketones is 1. The highest BCUT2D eigenvalue weighted by Gasteiger charge is 2.45. The molecule has 0 fully saturated rings. The number of allylic oxidation sites excluding steroid dienone is 2. The number of thiophene rings is 1. The smallest absolute Gasteiger partial charge is 0.315 e. The molecule has 35 heavy (non-hydrogen) atoms. The van der Waals surface area contributed by atoms with Crippen molar-refractivity contribution < 1.29 is 24.0 Å². The van der Waals surface area contributed by atoms with Gasteiger partial charge in [-0.25, -0.2) is 0 Å². The quantitative estimate of drug-likeness (QED) is 0.241. The van der Waals surface area contributed by atoms with Crippen molar-refractivity contribution in [3.05, 3.63) is 85.9 Å². The Morgan fingerprint density at radius 2 is 2.06 bits per heavy atom. The van der Waals surface area contributed by atoms with Gasteiger partial charge in [-0.3, -0.25) is 19.7 Å². The fourth-order valence-electron chi connectivity index (χ4n) is 4.76. The molecule has 1 N–H and O–H groups in total. The van der Waals surface area contributed by atoms with Gasteiger partial charge in [-0.15, -0.1) is 11.3 Å². The monoisotopic (exact) mass is 496 g/mol. The normalized spacial score (nSPS) is 22.1. The third-order valence-electron chi connectivity index (χ3n) is 6.26. The molecule has 0 saturated heterocycles. The number of nitrogens with one attached hydrogen (secondary N) is 1. The maximum absolute atomic E-state index is 13.5. The van der Waals surface area contributed by atoms with Gasteiger partial charge in [0.25, 0.3) is 5.69 Å². The zero-order valence-corrected chi connectivity index (χ0v) is 20.5. The number of nitro benzene ring substituents is 1. The largest absolute Gasteiger partial charge is 0.463 e. The Morgan fingerprint density at radius 3 is 2.74 bits per heavy atom. The lowest BCUT2D eigenvalue weighted by Crippen LogP contribution is -2.42.